The zero-order valence-corrected chi connectivity index (χ0v) is 13.1. The van der Waals surface area contributed by atoms with Gasteiger partial charge in [0, 0.05) is 18.8 Å². The molecule has 4 heteroatoms. The molecule has 0 aliphatic heterocycles. The number of anilines is 1. The van der Waals surface area contributed by atoms with Crippen LogP contribution in [-0.2, 0) is 13.2 Å². The standard InChI is InChI=1S/C17H25N3O/c1-13(2)7-9-20-10-8-17(19-20)18-14(3)16-6-4-5-15(11-16)12-21/h4-6,8,10-11,13-14,21H,7,9,12H2,1-3H3,(H,18,19). The van der Waals surface area contributed by atoms with E-state index < -0.39 is 0 Å². The molecular formula is C17H25N3O. The zero-order chi connectivity index (χ0) is 15.2. The number of hydrogen-bond donors (Lipinski definition) is 2. The van der Waals surface area contributed by atoms with Crippen LogP contribution in [0.25, 0.3) is 0 Å². The first-order valence-electron chi connectivity index (χ1n) is 7.58. The number of benzene rings is 1. The number of nitrogens with zero attached hydrogens (tertiary/aromatic N) is 2. The van der Waals surface area contributed by atoms with Gasteiger partial charge in [0.05, 0.1) is 12.6 Å². The number of rotatable bonds is 7. The molecule has 0 aliphatic carbocycles. The summed E-state index contributed by atoms with van der Waals surface area (Å²) in [4.78, 5) is 0. The minimum Gasteiger partial charge on any atom is -0.392 e. The van der Waals surface area contributed by atoms with Crippen LogP contribution in [0.2, 0.25) is 0 Å². The molecule has 114 valence electrons. The van der Waals surface area contributed by atoms with Gasteiger partial charge in [-0.15, -0.1) is 0 Å². The van der Waals surface area contributed by atoms with Gasteiger partial charge in [-0.25, -0.2) is 0 Å². The third-order valence-electron chi connectivity index (χ3n) is 3.57. The molecule has 0 radical (unpaired) electrons. The summed E-state index contributed by atoms with van der Waals surface area (Å²) in [5.74, 6) is 1.58. The van der Waals surface area contributed by atoms with Crippen LogP contribution in [0.4, 0.5) is 5.82 Å². The summed E-state index contributed by atoms with van der Waals surface area (Å²) in [5, 5.41) is 17.2. The van der Waals surface area contributed by atoms with Crippen molar-refractivity contribution in [2.75, 3.05) is 5.32 Å². The zero-order valence-electron chi connectivity index (χ0n) is 13.1. The highest BCUT2D eigenvalue weighted by Gasteiger charge is 2.08. The van der Waals surface area contributed by atoms with Crippen LogP contribution >= 0.6 is 0 Å². The number of hydrogen-bond acceptors (Lipinski definition) is 3. The summed E-state index contributed by atoms with van der Waals surface area (Å²) in [7, 11) is 0. The highest BCUT2D eigenvalue weighted by atomic mass is 16.3. The molecule has 2 N–H and O–H groups in total. The van der Waals surface area contributed by atoms with Crippen molar-refractivity contribution in [3.05, 3.63) is 47.7 Å². The summed E-state index contributed by atoms with van der Waals surface area (Å²) in [6, 6.07) is 10.1. The molecule has 2 rings (SSSR count). The average Bonchev–Trinajstić information content (AvgIpc) is 2.92. The molecular weight excluding hydrogens is 262 g/mol. The van der Waals surface area contributed by atoms with Gasteiger partial charge < -0.3 is 10.4 Å². The number of aromatic nitrogens is 2. The quantitative estimate of drug-likeness (QED) is 0.818. The molecule has 1 aromatic carbocycles. The van der Waals surface area contributed by atoms with Crippen molar-refractivity contribution < 1.29 is 5.11 Å². The Labute approximate surface area is 126 Å². The molecule has 2 aromatic rings. The second-order valence-corrected chi connectivity index (χ2v) is 5.92. The van der Waals surface area contributed by atoms with Crippen molar-refractivity contribution in [2.45, 2.75) is 46.4 Å². The SMILES string of the molecule is CC(C)CCn1ccc(NC(C)c2cccc(CO)c2)n1. The molecule has 1 aromatic heterocycles. The second-order valence-electron chi connectivity index (χ2n) is 5.92. The van der Waals surface area contributed by atoms with E-state index >= 15 is 0 Å². The molecule has 0 fully saturated rings. The lowest BCUT2D eigenvalue weighted by Crippen LogP contribution is -2.09. The monoisotopic (exact) mass is 287 g/mol. The lowest BCUT2D eigenvalue weighted by molar-refractivity contribution is 0.281. The Morgan fingerprint density at radius 1 is 1.24 bits per heavy atom. The summed E-state index contributed by atoms with van der Waals surface area (Å²) < 4.78 is 1.99. The maximum Gasteiger partial charge on any atom is 0.148 e. The lowest BCUT2D eigenvalue weighted by atomic mass is 10.1. The predicted molar refractivity (Wildman–Crippen MR) is 86.1 cm³/mol. The van der Waals surface area contributed by atoms with Crippen molar-refractivity contribution in [1.82, 2.24) is 9.78 Å². The van der Waals surface area contributed by atoms with E-state index in [2.05, 4.69) is 37.3 Å². The van der Waals surface area contributed by atoms with E-state index in [1.165, 1.54) is 0 Å². The normalized spacial score (nSPS) is 12.6. The van der Waals surface area contributed by atoms with Gasteiger partial charge in [-0.3, -0.25) is 4.68 Å². The Hall–Kier alpha value is -1.81. The topological polar surface area (TPSA) is 50.1 Å². The van der Waals surface area contributed by atoms with Gasteiger partial charge in [0.1, 0.15) is 5.82 Å². The lowest BCUT2D eigenvalue weighted by Gasteiger charge is -2.14. The van der Waals surface area contributed by atoms with Gasteiger partial charge in [0.25, 0.3) is 0 Å². The molecule has 0 saturated carbocycles. The van der Waals surface area contributed by atoms with Crippen LogP contribution in [0.1, 0.15) is 44.4 Å². The smallest absolute Gasteiger partial charge is 0.148 e. The molecule has 0 aliphatic rings. The van der Waals surface area contributed by atoms with E-state index in [0.29, 0.717) is 5.92 Å². The van der Waals surface area contributed by atoms with E-state index in [0.717, 1.165) is 29.9 Å². The van der Waals surface area contributed by atoms with Gasteiger partial charge in [0.2, 0.25) is 0 Å². The first-order valence-corrected chi connectivity index (χ1v) is 7.58. The fourth-order valence-electron chi connectivity index (χ4n) is 2.22. The van der Waals surface area contributed by atoms with Crippen molar-refractivity contribution in [3.63, 3.8) is 0 Å². The van der Waals surface area contributed by atoms with Crippen LogP contribution in [0, 0.1) is 5.92 Å². The van der Waals surface area contributed by atoms with Crippen molar-refractivity contribution in [3.8, 4) is 0 Å². The summed E-state index contributed by atoms with van der Waals surface area (Å²) >= 11 is 0. The molecule has 1 heterocycles. The number of nitrogens with one attached hydrogen (secondary N) is 1. The minimum absolute atomic E-state index is 0.0738. The molecule has 1 unspecified atom stereocenters. The van der Waals surface area contributed by atoms with Gasteiger partial charge in [-0.2, -0.15) is 5.10 Å². The Bertz CT molecular complexity index is 563. The molecule has 1 atom stereocenters. The molecule has 4 nitrogen and oxygen atoms in total. The molecule has 0 saturated heterocycles. The summed E-state index contributed by atoms with van der Waals surface area (Å²) in [5.41, 5.74) is 2.09. The first-order chi connectivity index (χ1) is 10.1. The largest absolute Gasteiger partial charge is 0.392 e. The maximum atomic E-state index is 9.20. The molecule has 21 heavy (non-hydrogen) atoms. The van der Waals surface area contributed by atoms with Crippen molar-refractivity contribution >= 4 is 5.82 Å². The van der Waals surface area contributed by atoms with Crippen molar-refractivity contribution in [1.29, 1.82) is 0 Å². The van der Waals surface area contributed by atoms with E-state index in [1.54, 1.807) is 0 Å². The van der Waals surface area contributed by atoms with E-state index in [4.69, 9.17) is 0 Å². The minimum atomic E-state index is 0.0738. The first kappa shape index (κ1) is 15.6. The number of aliphatic hydroxyl groups is 1. The summed E-state index contributed by atoms with van der Waals surface area (Å²) in [6.45, 7) is 7.57. The Morgan fingerprint density at radius 2 is 2.05 bits per heavy atom. The van der Waals surface area contributed by atoms with E-state index in [1.807, 2.05) is 35.1 Å². The second kappa shape index (κ2) is 7.27. The van der Waals surface area contributed by atoms with Gasteiger partial charge in [-0.05, 0) is 30.4 Å². The van der Waals surface area contributed by atoms with E-state index in [-0.39, 0.29) is 12.6 Å². The van der Waals surface area contributed by atoms with Crippen LogP contribution in [-0.4, -0.2) is 14.9 Å². The van der Waals surface area contributed by atoms with Crippen molar-refractivity contribution in [2.24, 2.45) is 5.92 Å². The third-order valence-corrected chi connectivity index (χ3v) is 3.57. The van der Waals surface area contributed by atoms with Crippen LogP contribution in [0.15, 0.2) is 36.5 Å². The molecule has 0 bridgehead atoms. The van der Waals surface area contributed by atoms with Crippen LogP contribution < -0.4 is 5.32 Å². The Balaban J connectivity index is 1.97. The molecule has 0 spiro atoms. The molecule has 0 amide bonds. The van der Waals surface area contributed by atoms with Gasteiger partial charge in [-0.1, -0.05) is 38.1 Å². The fourth-order valence-corrected chi connectivity index (χ4v) is 2.22. The van der Waals surface area contributed by atoms with E-state index in [9.17, 15) is 5.11 Å². The van der Waals surface area contributed by atoms with Crippen LogP contribution in [0.5, 0.6) is 0 Å². The Kier molecular flexibility index (Phi) is 5.39. The Morgan fingerprint density at radius 3 is 2.76 bits per heavy atom. The predicted octanol–water partition coefficient (Wildman–Crippen LogP) is 3.59. The number of aryl methyl sites for hydroxylation is 1. The van der Waals surface area contributed by atoms with Gasteiger partial charge in [0.15, 0.2) is 0 Å². The maximum absolute atomic E-state index is 9.20. The third kappa shape index (κ3) is 4.60. The highest BCUT2D eigenvalue weighted by Crippen LogP contribution is 2.19. The van der Waals surface area contributed by atoms with Gasteiger partial charge >= 0.3 is 0 Å². The summed E-state index contributed by atoms with van der Waals surface area (Å²) in [6.07, 6.45) is 3.15. The fraction of sp³-hybridized carbons (Fsp3) is 0.471. The highest BCUT2D eigenvalue weighted by molar-refractivity contribution is 5.37. The average molecular weight is 287 g/mol. The van der Waals surface area contributed by atoms with Crippen LogP contribution in [0.3, 0.4) is 0 Å². The number of aliphatic hydroxyl groups excluding tert-OH is 1.